The standard InChI is InChI=1S/C15H11.C9H13.4CH3.2ClH.2H2Si.Zr/c1-2-6-12(7-3-1)14-10-4-8-13-9-5-11-15(13)14;1-2-3-6-9-7-4-5-8-9;;;;;;;;;/h1-11H;4-5,7-8H,2-3,6H2,1H3;4*1H3;2*1H;2*1H2;/p-2. The largest absolute Gasteiger partial charge is 1.00 e. The van der Waals surface area contributed by atoms with Crippen molar-refractivity contribution in [3.63, 3.8) is 0 Å². The molecule has 0 fully saturated rings. The topological polar surface area (TPSA) is 0 Å². The van der Waals surface area contributed by atoms with Gasteiger partial charge in [-0.2, -0.15) is 0 Å². The van der Waals surface area contributed by atoms with Crippen LogP contribution in [0.2, 0.25) is 22.2 Å². The fourth-order valence-corrected chi connectivity index (χ4v) is 28.7. The van der Waals surface area contributed by atoms with Gasteiger partial charge in [0.1, 0.15) is 0 Å². The van der Waals surface area contributed by atoms with Crippen LogP contribution in [0.3, 0.4) is 0 Å². The van der Waals surface area contributed by atoms with Gasteiger partial charge in [0.25, 0.3) is 0 Å². The summed E-state index contributed by atoms with van der Waals surface area (Å²) in [5.74, 6) is 0. The Morgan fingerprint density at radius 3 is 2.12 bits per heavy atom. The molecule has 0 spiro atoms. The van der Waals surface area contributed by atoms with Crippen molar-refractivity contribution < 1.29 is 36.4 Å². The van der Waals surface area contributed by atoms with Crippen LogP contribution in [0.25, 0.3) is 17.2 Å². The van der Waals surface area contributed by atoms with Gasteiger partial charge in [-0.1, -0.05) is 0 Å². The summed E-state index contributed by atoms with van der Waals surface area (Å²) in [7, 11) is 0. The fourth-order valence-electron chi connectivity index (χ4n) is 6.11. The average Bonchev–Trinajstić information content (AvgIpc) is 3.34. The van der Waals surface area contributed by atoms with Crippen molar-refractivity contribution in [3.05, 3.63) is 89.5 Å². The summed E-state index contributed by atoms with van der Waals surface area (Å²) in [6, 6.07) is 17.8. The Hall–Kier alpha value is -0.443. The Balaban J connectivity index is 0.00000193. The average molecular weight is 595 g/mol. The van der Waals surface area contributed by atoms with E-state index in [-0.39, 0.29) is 24.8 Å². The molecule has 0 saturated carbocycles. The summed E-state index contributed by atoms with van der Waals surface area (Å²) in [5, 5.41) is 0. The molecule has 33 heavy (non-hydrogen) atoms. The molecule has 0 aromatic heterocycles. The molecule has 4 rings (SSSR count). The fraction of sp³-hybridized carbons (Fsp3) is 0.357. The van der Waals surface area contributed by atoms with Gasteiger partial charge in [-0.15, -0.1) is 0 Å². The molecule has 5 heteroatoms. The second-order valence-electron chi connectivity index (χ2n) is 16.1. The van der Waals surface area contributed by atoms with Crippen LogP contribution in [-0.4, -0.2) is 13.8 Å². The van der Waals surface area contributed by atoms with Crippen molar-refractivity contribution in [2.45, 2.75) is 52.0 Å². The molecule has 0 bridgehead atoms. The van der Waals surface area contributed by atoms with Crippen molar-refractivity contribution in [3.8, 4) is 11.1 Å². The molecule has 0 nitrogen and oxygen atoms in total. The molecule has 2 unspecified atom stereocenters. The van der Waals surface area contributed by atoms with E-state index in [2.05, 4.69) is 118 Å². The third kappa shape index (κ3) is 4.83. The van der Waals surface area contributed by atoms with Crippen LogP contribution in [0.1, 0.15) is 40.9 Å². The molecule has 180 valence electrons. The quantitative estimate of drug-likeness (QED) is 0.445. The van der Waals surface area contributed by atoms with Crippen LogP contribution < -0.4 is 24.8 Å². The molecule has 2 aromatic rings. The van der Waals surface area contributed by atoms with Gasteiger partial charge >= 0.3 is 184 Å². The summed E-state index contributed by atoms with van der Waals surface area (Å²) in [6.45, 7) is 7.09. The van der Waals surface area contributed by atoms with Gasteiger partial charge < -0.3 is 24.8 Å². The first-order valence-electron chi connectivity index (χ1n) is 12.1. The summed E-state index contributed by atoms with van der Waals surface area (Å²) in [4.78, 5) is 0. The van der Waals surface area contributed by atoms with Crippen molar-refractivity contribution in [1.82, 2.24) is 0 Å². The molecule has 2 aliphatic rings. The molecule has 2 aromatic carbocycles. The van der Waals surface area contributed by atoms with Crippen LogP contribution >= 0.6 is 0 Å². The number of unbranched alkanes of at least 4 members (excludes halogenated alkanes) is 1. The number of fused-ring (bicyclic) bond motifs is 1. The first-order valence-corrected chi connectivity index (χ1v) is 36.6. The molecule has 2 aliphatic carbocycles. The van der Waals surface area contributed by atoms with Crippen molar-refractivity contribution in [1.29, 1.82) is 0 Å². The molecule has 0 aliphatic heterocycles. The minimum atomic E-state index is -4.79. The number of hydrogen-bond donors (Lipinski definition) is 0. The maximum atomic E-state index is 2.72. The Labute approximate surface area is 207 Å². The van der Waals surface area contributed by atoms with E-state index in [9.17, 15) is 0 Å². The molecule has 0 radical (unpaired) electrons. The zero-order valence-electron chi connectivity index (χ0n) is 21.0. The second-order valence-corrected chi connectivity index (χ2v) is 120. The Morgan fingerprint density at radius 1 is 0.818 bits per heavy atom. The Morgan fingerprint density at radius 2 is 1.48 bits per heavy atom. The third-order valence-electron chi connectivity index (χ3n) is 8.61. The maximum absolute atomic E-state index is 4.79. The van der Waals surface area contributed by atoms with Gasteiger partial charge in [0.05, 0.1) is 0 Å². The Bertz CT molecular complexity index is 1430. The predicted molar refractivity (Wildman–Crippen MR) is 145 cm³/mol. The minimum Gasteiger partial charge on any atom is -1.00 e. The SMILES string of the molecule is CCCCC1=C[CH]([Zr]([CH3])([CH3])([CH3])([CH3])(=[SiH2])(=[SiH2])[CH]2C=Cc3c(-c4ccccc4)cccc32)C=C1.[Cl-].[Cl-]. The van der Waals surface area contributed by atoms with Crippen LogP contribution in [-0.2, 0) is 11.6 Å². The second kappa shape index (κ2) is 7.07. The van der Waals surface area contributed by atoms with Crippen LogP contribution in [0.4, 0.5) is 0 Å². The zero-order chi connectivity index (χ0) is 22.7. The van der Waals surface area contributed by atoms with Crippen molar-refractivity contribution in [2.24, 2.45) is 0 Å². The number of rotatable bonds is 6. The summed E-state index contributed by atoms with van der Waals surface area (Å²) in [6.07, 6.45) is 16.4. The number of benzene rings is 2. The van der Waals surface area contributed by atoms with E-state index in [4.69, 9.17) is 0 Å². The normalized spacial score (nSPS) is 23.6. The van der Waals surface area contributed by atoms with E-state index in [0.717, 1.165) is 0 Å². The van der Waals surface area contributed by atoms with Crippen LogP contribution in [0.5, 0.6) is 0 Å². The maximum Gasteiger partial charge on any atom is -1.00 e. The van der Waals surface area contributed by atoms with Crippen molar-refractivity contribution >= 4 is 19.8 Å². The van der Waals surface area contributed by atoms with E-state index in [1.54, 1.807) is 5.57 Å². The molecule has 2 atom stereocenters. The molecule has 0 heterocycles. The van der Waals surface area contributed by atoms with Gasteiger partial charge in [0.2, 0.25) is 0 Å². The Kier molecular flexibility index (Phi) is 6.17. The van der Waals surface area contributed by atoms with Gasteiger partial charge in [0, 0.05) is 0 Å². The minimum absolute atomic E-state index is 0. The van der Waals surface area contributed by atoms with Crippen LogP contribution in [0.15, 0.2) is 78.4 Å². The third-order valence-corrected chi connectivity index (χ3v) is 40.5. The molecular weight excluding hydrogens is 555 g/mol. The van der Waals surface area contributed by atoms with E-state index < -0.39 is 11.6 Å². The monoisotopic (exact) mass is 592 g/mol. The van der Waals surface area contributed by atoms with Gasteiger partial charge in [-0.25, -0.2) is 0 Å². The van der Waals surface area contributed by atoms with Gasteiger partial charge in [0.15, 0.2) is 0 Å². The van der Waals surface area contributed by atoms with E-state index >= 15 is 0 Å². The predicted octanol–water partition coefficient (Wildman–Crippen LogP) is 1.49. The van der Waals surface area contributed by atoms with E-state index in [1.807, 2.05) is 0 Å². The summed E-state index contributed by atoms with van der Waals surface area (Å²) in [5.41, 5.74) is 7.16. The smallest absolute Gasteiger partial charge is 1.00 e. The number of allylic oxidation sites excluding steroid dienone is 5. The summed E-state index contributed by atoms with van der Waals surface area (Å²) >= 11 is -4.79. The molecular formula is C28H40Cl2Si2Zr-2. The number of hydrogen-bond acceptors (Lipinski definition) is 0. The van der Waals surface area contributed by atoms with Gasteiger partial charge in [-0.3, -0.25) is 0 Å². The van der Waals surface area contributed by atoms with E-state index in [1.165, 1.54) is 41.5 Å². The van der Waals surface area contributed by atoms with Crippen LogP contribution in [0, 0.1) is 0 Å². The molecule has 0 amide bonds. The first kappa shape index (κ1) is 28.8. The van der Waals surface area contributed by atoms with E-state index in [0.29, 0.717) is 7.25 Å². The first-order chi connectivity index (χ1) is 14.1. The van der Waals surface area contributed by atoms with Gasteiger partial charge in [-0.05, 0) is 0 Å². The number of halogens is 2. The molecule has 0 saturated heterocycles. The van der Waals surface area contributed by atoms with Crippen molar-refractivity contribution in [2.75, 3.05) is 0 Å². The summed E-state index contributed by atoms with van der Waals surface area (Å²) < 4.78 is 11.8. The zero-order valence-corrected chi connectivity index (χ0v) is 27.8. The molecule has 0 N–H and O–H groups in total.